The molecule has 3 atom stereocenters. The van der Waals surface area contributed by atoms with Crippen LogP contribution in [0.5, 0.6) is 0 Å². The number of aromatic nitrogens is 1. The fraction of sp³-hybridized carbons (Fsp3) is 0.476. The van der Waals surface area contributed by atoms with Crippen molar-refractivity contribution in [1.29, 1.82) is 0 Å². The number of carbonyl (C=O) groups excluding carboxylic acids is 3. The molecule has 2 aromatic rings. The van der Waals surface area contributed by atoms with Crippen molar-refractivity contribution in [3.8, 4) is 0 Å². The Hall–Kier alpha value is -3.23. The molecule has 2 N–H and O–H groups in total. The number of Topliss-reactive ketones (excluding diaryl/α,β-unsaturated/α-hetero) is 1. The fourth-order valence-electron chi connectivity index (χ4n) is 4.11. The third kappa shape index (κ3) is 5.22. The highest BCUT2D eigenvalue weighted by atomic mass is 16.6. The first kappa shape index (κ1) is 21.5. The maximum absolute atomic E-state index is 12.1. The summed E-state index contributed by atoms with van der Waals surface area (Å²) >= 11 is 0. The molecule has 0 spiro atoms. The van der Waals surface area contributed by atoms with Crippen LogP contribution in [0, 0.1) is 27.9 Å². The predicted octanol–water partition coefficient (Wildman–Crippen LogP) is 1.88. The van der Waals surface area contributed by atoms with Crippen molar-refractivity contribution < 1.29 is 24.0 Å². The molecule has 0 bridgehead atoms. The molecule has 1 aliphatic rings. The molecule has 1 aliphatic carbocycles. The van der Waals surface area contributed by atoms with Gasteiger partial charge in [-0.2, -0.15) is 0 Å². The number of ether oxygens (including phenoxy) is 1. The minimum absolute atomic E-state index is 0.145. The second kappa shape index (κ2) is 9.51. The van der Waals surface area contributed by atoms with Gasteiger partial charge in [-0.15, -0.1) is 0 Å². The molecule has 9 heteroatoms. The van der Waals surface area contributed by atoms with E-state index in [1.54, 1.807) is 6.92 Å². The number of H-pyrrole nitrogens is 1. The molecule has 1 amide bonds. The molecule has 0 unspecified atom stereocenters. The van der Waals surface area contributed by atoms with Gasteiger partial charge < -0.3 is 15.0 Å². The van der Waals surface area contributed by atoms with Crippen LogP contribution in [0.4, 0.5) is 0 Å². The average Bonchev–Trinajstić information content (AvgIpc) is 3.22. The van der Waals surface area contributed by atoms with Crippen molar-refractivity contribution >= 4 is 28.6 Å². The summed E-state index contributed by atoms with van der Waals surface area (Å²) in [6.07, 6.45) is 2.52. The first-order valence-corrected chi connectivity index (χ1v) is 9.97. The number of carbonyl (C=O) groups is 3. The van der Waals surface area contributed by atoms with Crippen LogP contribution in [0.15, 0.2) is 30.5 Å². The van der Waals surface area contributed by atoms with Gasteiger partial charge in [-0.25, -0.2) is 0 Å². The largest absolute Gasteiger partial charge is 0.456 e. The highest BCUT2D eigenvalue weighted by Gasteiger charge is 2.44. The second-order valence-electron chi connectivity index (χ2n) is 7.76. The predicted molar refractivity (Wildman–Crippen MR) is 108 cm³/mol. The summed E-state index contributed by atoms with van der Waals surface area (Å²) < 4.78 is 4.98. The molecule has 0 aliphatic heterocycles. The Morgan fingerprint density at radius 1 is 1.33 bits per heavy atom. The van der Waals surface area contributed by atoms with Gasteiger partial charge in [0.15, 0.2) is 6.61 Å². The van der Waals surface area contributed by atoms with E-state index in [1.165, 1.54) is 0 Å². The van der Waals surface area contributed by atoms with Crippen LogP contribution < -0.4 is 5.32 Å². The van der Waals surface area contributed by atoms with Crippen LogP contribution in [-0.4, -0.2) is 47.3 Å². The summed E-state index contributed by atoms with van der Waals surface area (Å²) in [5, 5.41) is 14.6. The average molecular weight is 415 g/mol. The Bertz CT molecular complexity index is 953. The molecule has 0 radical (unpaired) electrons. The van der Waals surface area contributed by atoms with Crippen molar-refractivity contribution in [3.05, 3.63) is 46.1 Å². The van der Waals surface area contributed by atoms with Crippen LogP contribution in [0.25, 0.3) is 10.9 Å². The van der Waals surface area contributed by atoms with Gasteiger partial charge >= 0.3 is 5.97 Å². The number of rotatable bonds is 9. The number of hydrogen-bond donors (Lipinski definition) is 2. The van der Waals surface area contributed by atoms with E-state index in [1.807, 2.05) is 30.5 Å². The van der Waals surface area contributed by atoms with E-state index in [-0.39, 0.29) is 31.1 Å². The Morgan fingerprint density at radius 3 is 2.87 bits per heavy atom. The maximum Gasteiger partial charge on any atom is 0.307 e. The third-order valence-corrected chi connectivity index (χ3v) is 5.69. The van der Waals surface area contributed by atoms with E-state index in [4.69, 9.17) is 4.74 Å². The Kier molecular flexibility index (Phi) is 6.81. The minimum Gasteiger partial charge on any atom is -0.456 e. The van der Waals surface area contributed by atoms with E-state index in [0.717, 1.165) is 16.5 Å². The molecular formula is C21H25N3O6. The molecule has 9 nitrogen and oxygen atoms in total. The number of esters is 1. The lowest BCUT2D eigenvalue weighted by atomic mass is 9.88. The van der Waals surface area contributed by atoms with Gasteiger partial charge in [-0.05, 0) is 24.0 Å². The summed E-state index contributed by atoms with van der Waals surface area (Å²) in [7, 11) is 0. The van der Waals surface area contributed by atoms with Crippen LogP contribution in [0.2, 0.25) is 0 Å². The molecule has 3 rings (SSSR count). The van der Waals surface area contributed by atoms with Gasteiger partial charge in [-0.1, -0.05) is 25.1 Å². The summed E-state index contributed by atoms with van der Waals surface area (Å²) in [5.41, 5.74) is 2.10. The van der Waals surface area contributed by atoms with Crippen LogP contribution in [0.1, 0.15) is 25.3 Å². The standard InChI is InChI=1S/C21H25N3O6/c1-13-8-19(25)16(17(13)11-24(28)29)9-21(27)30-12-20(26)22-7-6-14-10-23-18-5-3-2-4-15(14)18/h2-5,10,13,16-17,23H,6-9,11-12H2,1H3,(H,22,26)/t13-,16-,17+/m0/s1. The zero-order valence-electron chi connectivity index (χ0n) is 16.8. The Balaban J connectivity index is 1.41. The molecule has 1 fully saturated rings. The monoisotopic (exact) mass is 415 g/mol. The SMILES string of the molecule is C[C@H]1CC(=O)[C@@H](CC(=O)OCC(=O)NCCc2c[nH]c3ccccc23)[C@@H]1C[N+](=O)[O-]. The van der Waals surface area contributed by atoms with Crippen molar-refractivity contribution in [3.63, 3.8) is 0 Å². The van der Waals surface area contributed by atoms with Crippen LogP contribution in [0.3, 0.4) is 0 Å². The molecule has 1 saturated carbocycles. The number of ketones is 1. The number of benzene rings is 1. The number of fused-ring (bicyclic) bond motifs is 1. The van der Waals surface area contributed by atoms with Crippen molar-refractivity contribution in [2.45, 2.75) is 26.2 Å². The molecule has 1 aromatic carbocycles. The number of nitro groups is 1. The molecule has 0 saturated heterocycles. The van der Waals surface area contributed by atoms with Crippen molar-refractivity contribution in [1.82, 2.24) is 10.3 Å². The summed E-state index contributed by atoms with van der Waals surface area (Å²) in [5.74, 6) is -2.63. The number of hydrogen-bond acceptors (Lipinski definition) is 6. The topological polar surface area (TPSA) is 131 Å². The second-order valence-corrected chi connectivity index (χ2v) is 7.76. The smallest absolute Gasteiger partial charge is 0.307 e. The normalized spacial score (nSPS) is 21.0. The van der Waals surface area contributed by atoms with E-state index in [2.05, 4.69) is 10.3 Å². The third-order valence-electron chi connectivity index (χ3n) is 5.69. The fourth-order valence-corrected chi connectivity index (χ4v) is 4.11. The lowest BCUT2D eigenvalue weighted by Gasteiger charge is -2.17. The van der Waals surface area contributed by atoms with E-state index in [0.29, 0.717) is 13.0 Å². The summed E-state index contributed by atoms with van der Waals surface area (Å²) in [4.78, 5) is 49.6. The molecule has 1 heterocycles. The zero-order valence-corrected chi connectivity index (χ0v) is 16.8. The van der Waals surface area contributed by atoms with Gasteiger partial charge in [0.05, 0.1) is 6.42 Å². The number of para-hydroxylation sites is 1. The maximum atomic E-state index is 12.1. The molecule has 160 valence electrons. The highest BCUT2D eigenvalue weighted by molar-refractivity contribution is 5.88. The number of nitrogens with zero attached hydrogens (tertiary/aromatic N) is 1. The first-order valence-electron chi connectivity index (χ1n) is 9.97. The number of nitrogens with one attached hydrogen (secondary N) is 2. The van der Waals surface area contributed by atoms with Gasteiger partial charge in [0.1, 0.15) is 5.78 Å². The molecular weight excluding hydrogens is 390 g/mol. The first-order chi connectivity index (χ1) is 14.3. The lowest BCUT2D eigenvalue weighted by Crippen LogP contribution is -2.32. The Morgan fingerprint density at radius 2 is 2.10 bits per heavy atom. The van der Waals surface area contributed by atoms with E-state index < -0.39 is 35.2 Å². The van der Waals surface area contributed by atoms with E-state index in [9.17, 15) is 24.5 Å². The van der Waals surface area contributed by atoms with Crippen molar-refractivity contribution in [2.24, 2.45) is 17.8 Å². The summed E-state index contributed by atoms with van der Waals surface area (Å²) in [6.45, 7) is 1.38. The van der Waals surface area contributed by atoms with E-state index >= 15 is 0 Å². The Labute approximate surface area is 173 Å². The van der Waals surface area contributed by atoms with Crippen LogP contribution in [-0.2, 0) is 25.5 Å². The molecule has 30 heavy (non-hydrogen) atoms. The van der Waals surface area contributed by atoms with Gasteiger partial charge in [0.2, 0.25) is 6.54 Å². The van der Waals surface area contributed by atoms with Gasteiger partial charge in [-0.3, -0.25) is 24.5 Å². The summed E-state index contributed by atoms with van der Waals surface area (Å²) in [6, 6.07) is 7.87. The van der Waals surface area contributed by atoms with Gasteiger partial charge in [0, 0.05) is 46.8 Å². The molecule has 1 aromatic heterocycles. The highest BCUT2D eigenvalue weighted by Crippen LogP contribution is 2.36. The number of aromatic amines is 1. The minimum atomic E-state index is -0.720. The lowest BCUT2D eigenvalue weighted by molar-refractivity contribution is -0.490. The van der Waals surface area contributed by atoms with Gasteiger partial charge in [0.25, 0.3) is 5.91 Å². The quantitative estimate of drug-likeness (QED) is 0.365. The van der Waals surface area contributed by atoms with Crippen LogP contribution >= 0.6 is 0 Å². The van der Waals surface area contributed by atoms with Crippen molar-refractivity contribution in [2.75, 3.05) is 19.7 Å². The number of amides is 1. The zero-order chi connectivity index (χ0) is 21.7.